The summed E-state index contributed by atoms with van der Waals surface area (Å²) in [6, 6.07) is 8.47. The fraction of sp³-hybridized carbons (Fsp3) is 0.471. The van der Waals surface area contributed by atoms with E-state index in [1.165, 1.54) is 11.3 Å². The lowest BCUT2D eigenvalue weighted by molar-refractivity contribution is 0.145. The van der Waals surface area contributed by atoms with Crippen molar-refractivity contribution in [2.75, 3.05) is 37.7 Å². The van der Waals surface area contributed by atoms with Crippen LogP contribution in [0.25, 0.3) is 0 Å². The number of hydrogen-bond donors (Lipinski definition) is 2. The van der Waals surface area contributed by atoms with Crippen LogP contribution in [0.2, 0.25) is 0 Å². The molecule has 0 aliphatic carbocycles. The second-order valence-electron chi connectivity index (χ2n) is 5.23. The largest absolute Gasteiger partial charge is 0.382 e. The summed E-state index contributed by atoms with van der Waals surface area (Å²) < 4.78 is 5.28. The number of rotatable bonds is 8. The Labute approximate surface area is 156 Å². The number of aliphatic imine (C=N–C) groups is 1. The molecule has 0 bridgehead atoms. The van der Waals surface area contributed by atoms with Gasteiger partial charge in [0.1, 0.15) is 0 Å². The molecule has 1 aromatic carbocycles. The van der Waals surface area contributed by atoms with Crippen LogP contribution in [-0.2, 0) is 11.3 Å². The molecule has 2 rings (SSSR count). The molecular weight excluding hydrogens is 403 g/mol. The monoisotopic (exact) mass is 430 g/mol. The number of nitrogens with zero attached hydrogens (tertiary/aromatic N) is 2. The van der Waals surface area contributed by atoms with Gasteiger partial charge in [0, 0.05) is 38.5 Å². The molecule has 0 radical (unpaired) electrons. The summed E-state index contributed by atoms with van der Waals surface area (Å²) in [7, 11) is 0. The lowest BCUT2D eigenvalue weighted by atomic mass is 10.2. The molecule has 0 fully saturated rings. The molecule has 0 saturated heterocycles. The molecule has 1 aromatic rings. The number of halogens is 1. The van der Waals surface area contributed by atoms with Crippen LogP contribution >= 0.6 is 24.0 Å². The number of nitrogens with one attached hydrogen (secondary N) is 1. The van der Waals surface area contributed by atoms with Crippen LogP contribution in [0.4, 0.5) is 5.69 Å². The Kier molecular flexibility index (Phi) is 9.70. The van der Waals surface area contributed by atoms with Gasteiger partial charge in [0.25, 0.3) is 0 Å². The number of ether oxygens (including phenoxy) is 1. The van der Waals surface area contributed by atoms with E-state index in [0.29, 0.717) is 12.5 Å². The third kappa shape index (κ3) is 7.22. The zero-order valence-electron chi connectivity index (χ0n) is 13.7. The minimum absolute atomic E-state index is 0. The van der Waals surface area contributed by atoms with Gasteiger partial charge in [-0.05, 0) is 31.0 Å². The van der Waals surface area contributed by atoms with Crippen molar-refractivity contribution in [1.82, 2.24) is 5.32 Å². The van der Waals surface area contributed by atoms with Crippen LogP contribution in [0, 0.1) is 0 Å². The number of nitrogens with two attached hydrogens (primary N) is 1. The maximum absolute atomic E-state index is 5.87. The van der Waals surface area contributed by atoms with E-state index >= 15 is 0 Å². The number of guanidine groups is 1. The van der Waals surface area contributed by atoms with Gasteiger partial charge >= 0.3 is 0 Å². The molecule has 0 unspecified atom stereocenters. The normalized spacial score (nSPS) is 14.0. The van der Waals surface area contributed by atoms with Crippen LogP contribution in [0.15, 0.2) is 41.4 Å². The topological polar surface area (TPSA) is 62.9 Å². The third-order valence-electron chi connectivity index (χ3n) is 3.50. The number of hydrogen-bond acceptors (Lipinski definition) is 3. The van der Waals surface area contributed by atoms with Crippen molar-refractivity contribution in [3.8, 4) is 0 Å². The highest BCUT2D eigenvalue weighted by molar-refractivity contribution is 14.0. The maximum Gasteiger partial charge on any atom is 0.188 e. The van der Waals surface area contributed by atoms with Gasteiger partial charge in [-0.15, -0.1) is 24.0 Å². The highest BCUT2D eigenvalue weighted by atomic mass is 127. The predicted molar refractivity (Wildman–Crippen MR) is 108 cm³/mol. The first-order valence-electron chi connectivity index (χ1n) is 7.90. The van der Waals surface area contributed by atoms with Crippen LogP contribution < -0.4 is 16.0 Å². The van der Waals surface area contributed by atoms with Gasteiger partial charge in [-0.1, -0.05) is 24.3 Å². The van der Waals surface area contributed by atoms with Crippen molar-refractivity contribution >= 4 is 35.6 Å². The van der Waals surface area contributed by atoms with Gasteiger partial charge in [-0.3, -0.25) is 0 Å². The predicted octanol–water partition coefficient (Wildman–Crippen LogP) is 2.51. The Hall–Kier alpha value is -1.28. The van der Waals surface area contributed by atoms with Crippen LogP contribution in [0.3, 0.4) is 0 Å². The fourth-order valence-electron chi connectivity index (χ4n) is 2.31. The van der Waals surface area contributed by atoms with Crippen molar-refractivity contribution in [2.24, 2.45) is 10.7 Å². The lowest BCUT2D eigenvalue weighted by Gasteiger charge is -2.18. The summed E-state index contributed by atoms with van der Waals surface area (Å²) in [6.07, 6.45) is 5.31. The van der Waals surface area contributed by atoms with Gasteiger partial charge in [0.2, 0.25) is 0 Å². The van der Waals surface area contributed by atoms with Crippen LogP contribution in [0.5, 0.6) is 0 Å². The van der Waals surface area contributed by atoms with E-state index in [-0.39, 0.29) is 24.0 Å². The van der Waals surface area contributed by atoms with Gasteiger partial charge in [0.05, 0.1) is 6.54 Å². The van der Waals surface area contributed by atoms with Crippen molar-refractivity contribution in [2.45, 2.75) is 19.9 Å². The first-order chi connectivity index (χ1) is 10.8. The Morgan fingerprint density at radius 1 is 1.35 bits per heavy atom. The summed E-state index contributed by atoms with van der Waals surface area (Å²) in [6.45, 7) is 6.85. The minimum Gasteiger partial charge on any atom is -0.382 e. The first-order valence-corrected chi connectivity index (χ1v) is 7.90. The second kappa shape index (κ2) is 11.3. The van der Waals surface area contributed by atoms with Gasteiger partial charge in [0.15, 0.2) is 5.96 Å². The summed E-state index contributed by atoms with van der Waals surface area (Å²) >= 11 is 0. The summed E-state index contributed by atoms with van der Waals surface area (Å²) in [5.41, 5.74) is 8.28. The zero-order chi connectivity index (χ0) is 15.6. The molecule has 128 valence electrons. The van der Waals surface area contributed by atoms with Crippen molar-refractivity contribution in [3.63, 3.8) is 0 Å². The number of anilines is 1. The van der Waals surface area contributed by atoms with Gasteiger partial charge in [-0.2, -0.15) is 0 Å². The summed E-state index contributed by atoms with van der Waals surface area (Å²) in [4.78, 5) is 6.71. The van der Waals surface area contributed by atoms with Gasteiger partial charge in [-0.25, -0.2) is 4.99 Å². The Morgan fingerprint density at radius 3 is 2.87 bits per heavy atom. The highest BCUT2D eigenvalue weighted by Gasteiger charge is 2.07. The maximum atomic E-state index is 5.87. The Bertz CT molecular complexity index is 511. The molecule has 3 N–H and O–H groups in total. The van der Waals surface area contributed by atoms with E-state index in [2.05, 4.69) is 51.6 Å². The van der Waals surface area contributed by atoms with E-state index < -0.39 is 0 Å². The molecule has 1 aliphatic rings. The highest BCUT2D eigenvalue weighted by Crippen LogP contribution is 2.18. The lowest BCUT2D eigenvalue weighted by Crippen LogP contribution is -2.32. The molecule has 0 saturated carbocycles. The van der Waals surface area contributed by atoms with Crippen molar-refractivity contribution in [3.05, 3.63) is 42.0 Å². The molecule has 0 aromatic heterocycles. The molecular formula is C17H27IN4O. The van der Waals surface area contributed by atoms with Crippen LogP contribution in [0.1, 0.15) is 18.9 Å². The molecule has 1 heterocycles. The Morgan fingerprint density at radius 2 is 2.13 bits per heavy atom. The Balaban J connectivity index is 0.00000264. The van der Waals surface area contributed by atoms with E-state index in [4.69, 9.17) is 10.5 Å². The molecule has 23 heavy (non-hydrogen) atoms. The molecule has 0 spiro atoms. The van der Waals surface area contributed by atoms with E-state index in [1.807, 2.05) is 6.92 Å². The SMILES string of the molecule is CCOCCCNC(N)=NCc1cccc(N2CC=CC2)c1.I. The molecule has 5 nitrogen and oxygen atoms in total. The standard InChI is InChI=1S/C17H26N4O.HI/c1-2-22-12-6-9-19-17(18)20-14-15-7-5-8-16(13-15)21-10-3-4-11-21;/h3-5,7-8,13H,2,6,9-12,14H2,1H3,(H3,18,19,20);1H. The number of benzene rings is 1. The molecule has 0 amide bonds. The smallest absolute Gasteiger partial charge is 0.188 e. The average Bonchev–Trinajstić information content (AvgIpc) is 3.07. The quantitative estimate of drug-likeness (QED) is 0.219. The molecule has 1 aliphatic heterocycles. The third-order valence-corrected chi connectivity index (χ3v) is 3.50. The zero-order valence-corrected chi connectivity index (χ0v) is 16.0. The van der Waals surface area contributed by atoms with E-state index in [0.717, 1.165) is 39.3 Å². The molecule has 6 heteroatoms. The molecule has 0 atom stereocenters. The minimum atomic E-state index is 0. The second-order valence-corrected chi connectivity index (χ2v) is 5.23. The van der Waals surface area contributed by atoms with Crippen molar-refractivity contribution in [1.29, 1.82) is 0 Å². The van der Waals surface area contributed by atoms with E-state index in [1.54, 1.807) is 0 Å². The average molecular weight is 430 g/mol. The first kappa shape index (κ1) is 19.8. The summed E-state index contributed by atoms with van der Waals surface area (Å²) in [5, 5.41) is 3.11. The van der Waals surface area contributed by atoms with Gasteiger partial charge < -0.3 is 20.7 Å². The van der Waals surface area contributed by atoms with Crippen LogP contribution in [-0.4, -0.2) is 38.8 Å². The summed E-state index contributed by atoms with van der Waals surface area (Å²) in [5.74, 6) is 0.491. The van der Waals surface area contributed by atoms with Crippen molar-refractivity contribution < 1.29 is 4.74 Å². The fourth-order valence-corrected chi connectivity index (χ4v) is 2.31. The van der Waals surface area contributed by atoms with E-state index in [9.17, 15) is 0 Å².